The number of ether oxygens (including phenoxy) is 1. The number of rotatable bonds is 6. The van der Waals surface area contributed by atoms with E-state index in [1.807, 2.05) is 28.7 Å². The van der Waals surface area contributed by atoms with E-state index in [2.05, 4.69) is 17.1 Å². The molecule has 0 bridgehead atoms. The van der Waals surface area contributed by atoms with Crippen LogP contribution in [0.25, 0.3) is 21.7 Å². The maximum Gasteiger partial charge on any atom is 0.268 e. The molecule has 37 heavy (non-hydrogen) atoms. The van der Waals surface area contributed by atoms with Crippen LogP contribution in [0.1, 0.15) is 34.1 Å². The van der Waals surface area contributed by atoms with E-state index >= 15 is 0 Å². The van der Waals surface area contributed by atoms with Crippen molar-refractivity contribution >= 4 is 56.5 Å². The highest BCUT2D eigenvalue weighted by Crippen LogP contribution is 2.38. The van der Waals surface area contributed by atoms with Crippen LogP contribution in [-0.2, 0) is 12.8 Å². The Morgan fingerprint density at radius 2 is 1.92 bits per heavy atom. The molecule has 0 spiro atoms. The first-order chi connectivity index (χ1) is 17.9. The average Bonchev–Trinajstić information content (AvgIpc) is 3.49. The summed E-state index contributed by atoms with van der Waals surface area (Å²) in [6.07, 6.45) is 2.88. The Balaban J connectivity index is 1.51. The smallest absolute Gasteiger partial charge is 0.268 e. The third-order valence-corrected chi connectivity index (χ3v) is 9.18. The molecule has 0 N–H and O–H groups in total. The lowest BCUT2D eigenvalue weighted by molar-refractivity contribution is 0.102. The highest BCUT2D eigenvalue weighted by molar-refractivity contribution is 7.99. The van der Waals surface area contributed by atoms with Crippen LogP contribution in [-0.4, -0.2) is 37.8 Å². The van der Waals surface area contributed by atoms with Crippen LogP contribution in [0, 0.1) is 5.92 Å². The van der Waals surface area contributed by atoms with E-state index in [9.17, 15) is 9.59 Å². The van der Waals surface area contributed by atoms with Gasteiger partial charge in [0, 0.05) is 15.5 Å². The summed E-state index contributed by atoms with van der Waals surface area (Å²) in [5.41, 5.74) is 2.31. The molecule has 1 unspecified atom stereocenters. The van der Waals surface area contributed by atoms with Gasteiger partial charge in [-0.1, -0.05) is 30.3 Å². The molecule has 6 rings (SSSR count). The lowest BCUT2D eigenvalue weighted by atomic mass is 9.89. The van der Waals surface area contributed by atoms with Crippen LogP contribution in [0.4, 0.5) is 0 Å². The number of hydrogen-bond acceptors (Lipinski definition) is 7. The molecule has 3 aromatic heterocycles. The Morgan fingerprint density at radius 1 is 1.16 bits per heavy atom. The fourth-order valence-electron chi connectivity index (χ4n) is 4.81. The number of benzene rings is 2. The topological polar surface area (TPSA) is 78.5 Å². The predicted molar refractivity (Wildman–Crippen MR) is 148 cm³/mol. The van der Waals surface area contributed by atoms with Crippen molar-refractivity contribution in [3.8, 4) is 11.4 Å². The molecule has 10 heteroatoms. The molecule has 0 amide bonds. The number of aromatic nitrogens is 4. The van der Waals surface area contributed by atoms with Gasteiger partial charge in [0.05, 0.1) is 23.9 Å². The summed E-state index contributed by atoms with van der Waals surface area (Å²) >= 11 is 8.93. The van der Waals surface area contributed by atoms with E-state index in [0.717, 1.165) is 35.0 Å². The number of aryl methyl sites for hydroxylation is 1. The van der Waals surface area contributed by atoms with Gasteiger partial charge in [-0.05, 0) is 79.3 Å². The molecule has 1 atom stereocenters. The van der Waals surface area contributed by atoms with Crippen molar-refractivity contribution in [1.82, 2.24) is 19.2 Å². The number of carbonyl (C=O) groups is 1. The van der Waals surface area contributed by atoms with Gasteiger partial charge < -0.3 is 4.74 Å². The van der Waals surface area contributed by atoms with Gasteiger partial charge in [-0.2, -0.15) is 0 Å². The number of methoxy groups -OCH3 is 1. The lowest BCUT2D eigenvalue weighted by Crippen LogP contribution is -2.22. The summed E-state index contributed by atoms with van der Waals surface area (Å²) in [5.74, 6) is 1.86. The van der Waals surface area contributed by atoms with Gasteiger partial charge in [0.2, 0.25) is 5.78 Å². The summed E-state index contributed by atoms with van der Waals surface area (Å²) in [5, 5.41) is 10.8. The fourth-order valence-corrected chi connectivity index (χ4v) is 7.32. The van der Waals surface area contributed by atoms with Crippen LogP contribution >= 0.6 is 34.7 Å². The zero-order chi connectivity index (χ0) is 25.7. The normalized spacial score (nSPS) is 15.3. The van der Waals surface area contributed by atoms with Crippen molar-refractivity contribution in [3.05, 3.63) is 79.9 Å². The van der Waals surface area contributed by atoms with Crippen LogP contribution in [0.3, 0.4) is 0 Å². The molecule has 5 aromatic rings. The van der Waals surface area contributed by atoms with Crippen molar-refractivity contribution in [1.29, 1.82) is 0 Å². The molecule has 0 radical (unpaired) electrons. The second kappa shape index (κ2) is 9.63. The van der Waals surface area contributed by atoms with Crippen molar-refractivity contribution in [3.63, 3.8) is 0 Å². The third kappa shape index (κ3) is 4.24. The lowest BCUT2D eigenvalue weighted by Gasteiger charge is -2.17. The molecule has 188 valence electrons. The quantitative estimate of drug-likeness (QED) is 0.195. The molecular weight excluding hydrogens is 528 g/mol. The summed E-state index contributed by atoms with van der Waals surface area (Å²) < 4.78 is 8.86. The maximum absolute atomic E-state index is 14.0. The van der Waals surface area contributed by atoms with Crippen molar-refractivity contribution in [2.45, 2.75) is 31.3 Å². The van der Waals surface area contributed by atoms with Gasteiger partial charge in [0.15, 0.2) is 10.9 Å². The fraction of sp³-hybridized carbons (Fsp3) is 0.259. The van der Waals surface area contributed by atoms with E-state index in [0.29, 0.717) is 38.9 Å². The van der Waals surface area contributed by atoms with Gasteiger partial charge in [-0.3, -0.25) is 9.59 Å². The van der Waals surface area contributed by atoms with E-state index in [4.69, 9.17) is 16.3 Å². The summed E-state index contributed by atoms with van der Waals surface area (Å²) in [4.78, 5) is 28.9. The Hall–Kier alpha value is -3.14. The van der Waals surface area contributed by atoms with Crippen molar-refractivity contribution in [2.24, 2.45) is 5.92 Å². The number of thiophene rings is 1. The highest BCUT2D eigenvalue weighted by Gasteiger charge is 2.27. The summed E-state index contributed by atoms with van der Waals surface area (Å²) in [6.45, 7) is 2.25. The molecule has 1 aliphatic rings. The monoisotopic (exact) mass is 550 g/mol. The molecular formula is C27H23ClN4O3S2. The highest BCUT2D eigenvalue weighted by atomic mass is 35.5. The molecule has 0 saturated carbocycles. The van der Waals surface area contributed by atoms with Gasteiger partial charge in [0.25, 0.3) is 5.56 Å². The van der Waals surface area contributed by atoms with E-state index < -0.39 is 0 Å². The average molecular weight is 551 g/mol. The number of ketones is 1. The number of hydrogen-bond donors (Lipinski definition) is 0. The first kappa shape index (κ1) is 24.2. The second-order valence-corrected chi connectivity index (χ2v) is 11.7. The molecule has 3 heterocycles. The van der Waals surface area contributed by atoms with E-state index in [1.165, 1.54) is 16.6 Å². The molecule has 7 nitrogen and oxygen atoms in total. The molecule has 0 fully saturated rings. The summed E-state index contributed by atoms with van der Waals surface area (Å²) in [6, 6.07) is 14.2. The maximum atomic E-state index is 14.0. The van der Waals surface area contributed by atoms with Gasteiger partial charge in [0.1, 0.15) is 10.6 Å². The minimum absolute atomic E-state index is 0.0302. The summed E-state index contributed by atoms with van der Waals surface area (Å²) in [7, 11) is 1.61. The number of Topliss-reactive ketones (excluding diaryl/α,β-unsaturated/α-hetero) is 1. The van der Waals surface area contributed by atoms with Crippen LogP contribution in [0.5, 0.6) is 5.75 Å². The van der Waals surface area contributed by atoms with Crippen molar-refractivity contribution < 1.29 is 9.53 Å². The van der Waals surface area contributed by atoms with Crippen LogP contribution < -0.4 is 10.3 Å². The molecule has 0 saturated heterocycles. The Labute approximate surface area is 226 Å². The van der Waals surface area contributed by atoms with E-state index in [1.54, 1.807) is 47.3 Å². The molecule has 1 aliphatic carbocycles. The number of halogens is 1. The van der Waals surface area contributed by atoms with Gasteiger partial charge in [-0.15, -0.1) is 21.5 Å². The minimum atomic E-state index is -0.0964. The van der Waals surface area contributed by atoms with Crippen molar-refractivity contribution in [2.75, 3.05) is 12.9 Å². The first-order valence-electron chi connectivity index (χ1n) is 11.9. The standard InChI is InChI=1S/C27H23ClN4O3S2/c1-15-3-12-20-22(13-15)37-25-23(20)24(34)31(18-8-10-19(35-2)11-9-18)26-29-30-27(32(25)26)36-14-21(33)16-4-6-17(28)7-5-16/h4-11,15H,3,12-14H2,1-2H3. The Bertz CT molecular complexity index is 1700. The van der Waals surface area contributed by atoms with Gasteiger partial charge in [-0.25, -0.2) is 8.97 Å². The first-order valence-corrected chi connectivity index (χ1v) is 14.1. The largest absolute Gasteiger partial charge is 0.497 e. The molecule has 0 aliphatic heterocycles. The molecule has 2 aromatic carbocycles. The Kier molecular flexibility index (Phi) is 6.30. The zero-order valence-electron chi connectivity index (χ0n) is 20.2. The zero-order valence-corrected chi connectivity index (χ0v) is 22.6. The predicted octanol–water partition coefficient (Wildman–Crippen LogP) is 5.86. The van der Waals surface area contributed by atoms with Crippen LogP contribution in [0.2, 0.25) is 5.02 Å². The Morgan fingerprint density at radius 3 is 2.65 bits per heavy atom. The number of thioether (sulfide) groups is 1. The van der Waals surface area contributed by atoms with E-state index in [-0.39, 0.29) is 17.1 Å². The third-order valence-electron chi connectivity index (χ3n) is 6.76. The van der Waals surface area contributed by atoms with Gasteiger partial charge >= 0.3 is 0 Å². The van der Waals surface area contributed by atoms with Crippen LogP contribution in [0.15, 0.2) is 58.5 Å². The number of fused-ring (bicyclic) bond motifs is 5. The minimum Gasteiger partial charge on any atom is -0.497 e. The second-order valence-electron chi connectivity index (χ2n) is 9.21. The number of nitrogens with zero attached hydrogens (tertiary/aromatic N) is 4. The number of carbonyl (C=O) groups excluding carboxylic acids is 1. The SMILES string of the molecule is COc1ccc(-n2c(=O)c3c4c(sc3n3c(SCC(=O)c5ccc(Cl)cc5)nnc23)CC(C)CC4)cc1.